The van der Waals surface area contributed by atoms with Crippen LogP contribution >= 0.6 is 0 Å². The van der Waals surface area contributed by atoms with Gasteiger partial charge in [-0.3, -0.25) is 4.99 Å². The van der Waals surface area contributed by atoms with E-state index in [-0.39, 0.29) is 5.92 Å². The Morgan fingerprint density at radius 2 is 2.14 bits per heavy atom. The highest BCUT2D eigenvalue weighted by molar-refractivity contribution is 7.91. The fourth-order valence-electron chi connectivity index (χ4n) is 3.28. The number of hydrogen-bond donors (Lipinski definition) is 1. The summed E-state index contributed by atoms with van der Waals surface area (Å²) in [5, 5.41) is 3.36. The van der Waals surface area contributed by atoms with E-state index >= 15 is 0 Å². The lowest BCUT2D eigenvalue weighted by atomic mass is 10.0. The fourth-order valence-corrected chi connectivity index (χ4v) is 5.14. The van der Waals surface area contributed by atoms with Gasteiger partial charge in [-0.2, -0.15) is 0 Å². The molecule has 0 aliphatic carbocycles. The van der Waals surface area contributed by atoms with Crippen LogP contribution in [0.3, 0.4) is 0 Å². The number of fused-ring (bicyclic) bond motifs is 1. The maximum absolute atomic E-state index is 11.5. The normalized spacial score (nSPS) is 24.1. The number of aliphatic imine (C=N–C) groups is 1. The zero-order chi connectivity index (χ0) is 15.6. The van der Waals surface area contributed by atoms with Crippen LogP contribution in [-0.4, -0.2) is 50.9 Å². The van der Waals surface area contributed by atoms with Crippen LogP contribution < -0.4 is 5.32 Å². The molecule has 1 unspecified atom stereocenters. The van der Waals surface area contributed by atoms with Gasteiger partial charge in [-0.1, -0.05) is 24.3 Å². The summed E-state index contributed by atoms with van der Waals surface area (Å²) in [6, 6.07) is 8.51. The van der Waals surface area contributed by atoms with Crippen LogP contribution in [0.4, 0.5) is 0 Å². The van der Waals surface area contributed by atoms with E-state index in [1.807, 2.05) is 0 Å². The molecule has 3 rings (SSSR count). The number of rotatable bonds is 2. The molecule has 22 heavy (non-hydrogen) atoms. The van der Waals surface area contributed by atoms with Crippen LogP contribution in [0, 0.1) is 5.92 Å². The molecule has 120 valence electrons. The second-order valence-electron chi connectivity index (χ2n) is 6.14. The van der Waals surface area contributed by atoms with Crippen LogP contribution in [0.15, 0.2) is 29.3 Å². The SMILES string of the molecule is CN=C(NCC1CCS(=O)(=O)C1)N1CCc2ccccc2C1. The van der Waals surface area contributed by atoms with Gasteiger partial charge in [0.2, 0.25) is 0 Å². The molecule has 0 amide bonds. The molecule has 0 radical (unpaired) electrons. The number of benzene rings is 1. The van der Waals surface area contributed by atoms with Crippen molar-refractivity contribution in [1.29, 1.82) is 0 Å². The predicted molar refractivity (Wildman–Crippen MR) is 88.7 cm³/mol. The first kappa shape index (κ1) is 15.3. The molecule has 1 N–H and O–H groups in total. The summed E-state index contributed by atoms with van der Waals surface area (Å²) < 4.78 is 23.1. The van der Waals surface area contributed by atoms with E-state index in [1.54, 1.807) is 7.05 Å². The maximum atomic E-state index is 11.5. The third-order valence-corrected chi connectivity index (χ3v) is 6.35. The molecule has 1 atom stereocenters. The molecule has 1 aromatic rings. The molecule has 0 spiro atoms. The van der Waals surface area contributed by atoms with E-state index < -0.39 is 9.84 Å². The summed E-state index contributed by atoms with van der Waals surface area (Å²) in [4.78, 5) is 6.61. The summed E-state index contributed by atoms with van der Waals surface area (Å²) in [5.41, 5.74) is 2.76. The van der Waals surface area contributed by atoms with Gasteiger partial charge in [-0.05, 0) is 29.9 Å². The number of hydrogen-bond acceptors (Lipinski definition) is 3. The average molecular weight is 321 g/mol. The first-order valence-electron chi connectivity index (χ1n) is 7.80. The maximum Gasteiger partial charge on any atom is 0.193 e. The van der Waals surface area contributed by atoms with E-state index in [9.17, 15) is 8.42 Å². The summed E-state index contributed by atoms with van der Waals surface area (Å²) in [5.74, 6) is 1.71. The molecular formula is C16H23N3O2S. The molecule has 0 bridgehead atoms. The molecule has 2 aliphatic heterocycles. The molecule has 1 saturated heterocycles. The van der Waals surface area contributed by atoms with Crippen molar-refractivity contribution in [3.8, 4) is 0 Å². The molecule has 1 fully saturated rings. The van der Waals surface area contributed by atoms with Crippen molar-refractivity contribution in [1.82, 2.24) is 10.2 Å². The second-order valence-corrected chi connectivity index (χ2v) is 8.37. The highest BCUT2D eigenvalue weighted by Crippen LogP contribution is 2.20. The average Bonchev–Trinajstić information content (AvgIpc) is 2.87. The van der Waals surface area contributed by atoms with Crippen molar-refractivity contribution < 1.29 is 8.42 Å². The fraction of sp³-hybridized carbons (Fsp3) is 0.562. The van der Waals surface area contributed by atoms with Crippen LogP contribution in [0.25, 0.3) is 0 Å². The van der Waals surface area contributed by atoms with E-state index in [0.717, 1.165) is 31.9 Å². The smallest absolute Gasteiger partial charge is 0.193 e. The Balaban J connectivity index is 1.59. The molecule has 0 saturated carbocycles. The number of nitrogens with one attached hydrogen (secondary N) is 1. The minimum Gasteiger partial charge on any atom is -0.356 e. The highest BCUT2D eigenvalue weighted by Gasteiger charge is 2.28. The zero-order valence-electron chi connectivity index (χ0n) is 13.0. The second kappa shape index (κ2) is 6.28. The summed E-state index contributed by atoms with van der Waals surface area (Å²) >= 11 is 0. The Bertz CT molecular complexity index is 670. The van der Waals surface area contributed by atoms with Gasteiger partial charge >= 0.3 is 0 Å². The largest absolute Gasteiger partial charge is 0.356 e. The van der Waals surface area contributed by atoms with Gasteiger partial charge in [0.05, 0.1) is 11.5 Å². The van der Waals surface area contributed by atoms with Crippen molar-refractivity contribution in [3.63, 3.8) is 0 Å². The van der Waals surface area contributed by atoms with Crippen LogP contribution in [0.1, 0.15) is 17.5 Å². The third-order valence-electron chi connectivity index (χ3n) is 4.52. The van der Waals surface area contributed by atoms with Crippen molar-refractivity contribution in [2.45, 2.75) is 19.4 Å². The van der Waals surface area contributed by atoms with Crippen molar-refractivity contribution in [2.75, 3.05) is 31.6 Å². The molecular weight excluding hydrogens is 298 g/mol. The van der Waals surface area contributed by atoms with Gasteiger partial charge in [-0.25, -0.2) is 8.42 Å². The van der Waals surface area contributed by atoms with E-state index in [1.165, 1.54) is 11.1 Å². The van der Waals surface area contributed by atoms with Crippen LogP contribution in [0.2, 0.25) is 0 Å². The molecule has 5 nitrogen and oxygen atoms in total. The van der Waals surface area contributed by atoms with E-state index in [0.29, 0.717) is 18.1 Å². The minimum atomic E-state index is -2.81. The predicted octanol–water partition coefficient (Wildman–Crippen LogP) is 1.05. The van der Waals surface area contributed by atoms with Crippen LogP contribution in [-0.2, 0) is 22.8 Å². The lowest BCUT2D eigenvalue weighted by Crippen LogP contribution is -2.45. The highest BCUT2D eigenvalue weighted by atomic mass is 32.2. The van der Waals surface area contributed by atoms with Gasteiger partial charge in [0.15, 0.2) is 15.8 Å². The summed E-state index contributed by atoms with van der Waals surface area (Å²) in [7, 11) is -1.02. The molecule has 6 heteroatoms. The summed E-state index contributed by atoms with van der Waals surface area (Å²) in [6.07, 6.45) is 1.78. The minimum absolute atomic E-state index is 0.207. The van der Waals surface area contributed by atoms with Gasteiger partial charge in [-0.15, -0.1) is 0 Å². The third kappa shape index (κ3) is 3.43. The monoisotopic (exact) mass is 321 g/mol. The first-order chi connectivity index (χ1) is 10.6. The Hall–Kier alpha value is -1.56. The summed E-state index contributed by atoms with van der Waals surface area (Å²) in [6.45, 7) is 2.49. The van der Waals surface area contributed by atoms with Gasteiger partial charge in [0, 0.05) is 26.7 Å². The Morgan fingerprint density at radius 1 is 1.36 bits per heavy atom. The molecule has 0 aromatic heterocycles. The number of sulfone groups is 1. The molecule has 2 aliphatic rings. The molecule has 2 heterocycles. The van der Waals surface area contributed by atoms with E-state index in [4.69, 9.17) is 0 Å². The van der Waals surface area contributed by atoms with Gasteiger partial charge in [0.1, 0.15) is 0 Å². The standard InChI is InChI=1S/C16H23N3O2S/c1-17-16(18-10-13-7-9-22(20,21)12-13)19-8-6-14-4-2-3-5-15(14)11-19/h2-5,13H,6-12H2,1H3,(H,17,18). The lowest BCUT2D eigenvalue weighted by molar-refractivity contribution is 0.375. The van der Waals surface area contributed by atoms with Gasteiger partial charge in [0.25, 0.3) is 0 Å². The van der Waals surface area contributed by atoms with Gasteiger partial charge < -0.3 is 10.2 Å². The zero-order valence-corrected chi connectivity index (χ0v) is 13.8. The quantitative estimate of drug-likeness (QED) is 0.653. The Labute approximate surface area is 132 Å². The topological polar surface area (TPSA) is 61.8 Å². The number of nitrogens with zero attached hydrogens (tertiary/aromatic N) is 2. The Morgan fingerprint density at radius 3 is 2.82 bits per heavy atom. The molecule has 1 aromatic carbocycles. The van der Waals surface area contributed by atoms with Crippen molar-refractivity contribution >= 4 is 15.8 Å². The first-order valence-corrected chi connectivity index (χ1v) is 9.62. The Kier molecular flexibility index (Phi) is 4.38. The van der Waals surface area contributed by atoms with Crippen LogP contribution in [0.5, 0.6) is 0 Å². The van der Waals surface area contributed by atoms with Crippen molar-refractivity contribution in [2.24, 2.45) is 10.9 Å². The van der Waals surface area contributed by atoms with Crippen molar-refractivity contribution in [3.05, 3.63) is 35.4 Å². The van der Waals surface area contributed by atoms with E-state index in [2.05, 4.69) is 39.5 Å². The lowest BCUT2D eigenvalue weighted by Gasteiger charge is -2.32. The number of guanidine groups is 1.